The Morgan fingerprint density at radius 2 is 1.94 bits per heavy atom. The molecule has 0 spiro atoms. The van der Waals surface area contributed by atoms with Gasteiger partial charge in [0.15, 0.2) is 5.16 Å². The fourth-order valence-corrected chi connectivity index (χ4v) is 4.92. The number of aryl methyl sites for hydroxylation is 1. The molecule has 8 nitrogen and oxygen atoms in total. The van der Waals surface area contributed by atoms with E-state index in [1.165, 1.54) is 17.3 Å². The first-order chi connectivity index (χ1) is 17.1. The fraction of sp³-hybridized carbons (Fsp3) is 0.346. The lowest BCUT2D eigenvalue weighted by Crippen LogP contribution is -2.37. The summed E-state index contributed by atoms with van der Waals surface area (Å²) in [5, 5.41) is 13.7. The molecule has 0 saturated carbocycles. The van der Waals surface area contributed by atoms with Crippen LogP contribution in [0.2, 0.25) is 0 Å². The molecule has 2 aromatic carbocycles. The molecule has 0 bridgehead atoms. The lowest BCUT2D eigenvalue weighted by molar-refractivity contribution is -0.119. The van der Waals surface area contributed by atoms with Gasteiger partial charge in [0.1, 0.15) is 11.3 Å². The minimum Gasteiger partial charge on any atom is -0.459 e. The summed E-state index contributed by atoms with van der Waals surface area (Å²) in [6.07, 6.45) is 0.938. The number of hydrogen-bond donors (Lipinski definition) is 1. The van der Waals surface area contributed by atoms with E-state index >= 15 is 0 Å². The van der Waals surface area contributed by atoms with Gasteiger partial charge in [0.2, 0.25) is 11.9 Å². The van der Waals surface area contributed by atoms with Gasteiger partial charge in [-0.05, 0) is 43.2 Å². The summed E-state index contributed by atoms with van der Waals surface area (Å²) >= 11 is 1.38. The van der Waals surface area contributed by atoms with Crippen molar-refractivity contribution in [2.24, 2.45) is 0 Å². The van der Waals surface area contributed by atoms with Crippen molar-refractivity contribution in [2.75, 3.05) is 37.0 Å². The minimum atomic E-state index is -0.237. The number of furan rings is 1. The summed E-state index contributed by atoms with van der Waals surface area (Å²) in [6, 6.07) is 17.9. The van der Waals surface area contributed by atoms with E-state index in [1.807, 2.05) is 47.9 Å². The molecule has 1 aliphatic heterocycles. The van der Waals surface area contributed by atoms with Gasteiger partial charge < -0.3 is 19.4 Å². The second-order valence-electron chi connectivity index (χ2n) is 8.51. The van der Waals surface area contributed by atoms with Crippen molar-refractivity contribution < 1.29 is 13.9 Å². The predicted octanol–water partition coefficient (Wildman–Crippen LogP) is 4.38. The number of nitrogens with zero attached hydrogens (tertiary/aromatic N) is 4. The molecule has 3 heterocycles. The largest absolute Gasteiger partial charge is 0.459 e. The topological polar surface area (TPSA) is 85.4 Å². The Bertz CT molecular complexity index is 1280. The molecule has 4 aromatic rings. The highest BCUT2D eigenvalue weighted by molar-refractivity contribution is 7.99. The smallest absolute Gasteiger partial charge is 0.232 e. The number of nitrogens with one attached hydrogen (secondary N) is 1. The molecule has 0 radical (unpaired) electrons. The van der Waals surface area contributed by atoms with Gasteiger partial charge in [0.05, 0.1) is 30.7 Å². The molecule has 1 N–H and O–H groups in total. The number of para-hydroxylation sites is 1. The van der Waals surface area contributed by atoms with Crippen molar-refractivity contribution in [1.29, 1.82) is 0 Å². The lowest BCUT2D eigenvalue weighted by Gasteiger charge is -2.28. The molecule has 1 aliphatic rings. The van der Waals surface area contributed by atoms with Gasteiger partial charge in [-0.15, -0.1) is 10.2 Å². The number of ether oxygens (including phenoxy) is 1. The number of anilines is 1. The summed E-state index contributed by atoms with van der Waals surface area (Å²) in [7, 11) is 0. The van der Waals surface area contributed by atoms with Crippen LogP contribution in [-0.2, 0) is 16.0 Å². The van der Waals surface area contributed by atoms with Gasteiger partial charge in [-0.2, -0.15) is 0 Å². The third-order valence-corrected chi connectivity index (χ3v) is 7.00. The van der Waals surface area contributed by atoms with Crippen molar-refractivity contribution in [1.82, 2.24) is 20.1 Å². The van der Waals surface area contributed by atoms with Crippen LogP contribution in [-0.4, -0.2) is 52.7 Å². The predicted molar refractivity (Wildman–Crippen MR) is 137 cm³/mol. The maximum absolute atomic E-state index is 12.8. The highest BCUT2D eigenvalue weighted by Crippen LogP contribution is 2.28. The van der Waals surface area contributed by atoms with Gasteiger partial charge in [-0.1, -0.05) is 49.0 Å². The second-order valence-corrected chi connectivity index (χ2v) is 9.45. The van der Waals surface area contributed by atoms with Crippen LogP contribution in [0.25, 0.3) is 16.7 Å². The van der Waals surface area contributed by atoms with E-state index in [4.69, 9.17) is 9.15 Å². The Kier molecular flexibility index (Phi) is 7.06. The number of benzene rings is 2. The normalized spacial score (nSPS) is 14.9. The third kappa shape index (κ3) is 5.21. The van der Waals surface area contributed by atoms with Crippen molar-refractivity contribution >= 4 is 34.6 Å². The van der Waals surface area contributed by atoms with Gasteiger partial charge in [-0.25, -0.2) is 0 Å². The summed E-state index contributed by atoms with van der Waals surface area (Å²) < 4.78 is 13.5. The highest BCUT2D eigenvalue weighted by Gasteiger charge is 2.23. The molecule has 1 fully saturated rings. The van der Waals surface area contributed by atoms with E-state index in [0.29, 0.717) is 18.4 Å². The van der Waals surface area contributed by atoms with E-state index in [1.54, 1.807) is 0 Å². The maximum Gasteiger partial charge on any atom is 0.232 e. The average Bonchev–Trinajstić information content (AvgIpc) is 3.52. The zero-order chi connectivity index (χ0) is 24.2. The van der Waals surface area contributed by atoms with E-state index < -0.39 is 0 Å². The van der Waals surface area contributed by atoms with E-state index in [0.717, 1.165) is 47.9 Å². The molecule has 5 rings (SSSR count). The second kappa shape index (κ2) is 10.5. The number of carbonyl (C=O) groups excluding carboxylic acids is 1. The molecule has 182 valence electrons. The molecular weight excluding hydrogens is 462 g/mol. The van der Waals surface area contributed by atoms with Gasteiger partial charge in [0.25, 0.3) is 0 Å². The van der Waals surface area contributed by atoms with E-state index in [-0.39, 0.29) is 17.7 Å². The number of carbonyl (C=O) groups is 1. The Labute approximate surface area is 208 Å². The van der Waals surface area contributed by atoms with Crippen LogP contribution in [0, 0.1) is 0 Å². The van der Waals surface area contributed by atoms with E-state index in [2.05, 4.69) is 45.5 Å². The van der Waals surface area contributed by atoms with Crippen molar-refractivity contribution in [3.05, 3.63) is 65.9 Å². The van der Waals surface area contributed by atoms with Crippen LogP contribution >= 0.6 is 11.8 Å². The monoisotopic (exact) mass is 491 g/mol. The minimum absolute atomic E-state index is 0.0901. The summed E-state index contributed by atoms with van der Waals surface area (Å²) in [4.78, 5) is 15.0. The Hall–Kier alpha value is -3.30. The number of thioether (sulfide) groups is 1. The molecule has 1 amide bonds. The lowest BCUT2D eigenvalue weighted by atomic mass is 10.1. The summed E-state index contributed by atoms with van der Waals surface area (Å²) in [6.45, 7) is 6.89. The third-order valence-electron chi connectivity index (χ3n) is 6.07. The quantitative estimate of drug-likeness (QED) is 0.366. The Balaban J connectivity index is 1.32. The molecule has 1 unspecified atom stereocenters. The van der Waals surface area contributed by atoms with Crippen LogP contribution in [0.4, 0.5) is 5.95 Å². The van der Waals surface area contributed by atoms with Gasteiger partial charge >= 0.3 is 0 Å². The molecule has 9 heteroatoms. The van der Waals surface area contributed by atoms with Gasteiger partial charge in [-0.3, -0.25) is 9.36 Å². The molecular formula is C26H29N5O3S. The summed E-state index contributed by atoms with van der Waals surface area (Å²) in [5.74, 6) is 1.64. The zero-order valence-corrected chi connectivity index (χ0v) is 20.8. The van der Waals surface area contributed by atoms with Gasteiger partial charge in [0, 0.05) is 18.5 Å². The number of morpholine rings is 1. The number of fused-ring (bicyclic) bond motifs is 1. The zero-order valence-electron chi connectivity index (χ0n) is 19.9. The first-order valence-electron chi connectivity index (χ1n) is 11.9. The number of hydrogen-bond acceptors (Lipinski definition) is 7. The van der Waals surface area contributed by atoms with Crippen molar-refractivity contribution in [3.63, 3.8) is 0 Å². The standard InChI is InChI=1S/C26H29N5O3S/c1-3-19-7-6-9-21(15-19)31-25(30-11-13-33-14-12-30)28-29-26(31)35-17-24(32)27-18(2)23-16-20-8-4-5-10-22(20)34-23/h4-10,15-16,18H,3,11-14,17H2,1-2H3,(H,27,32). The SMILES string of the molecule is CCc1cccc(-n2c(SCC(=O)NC(C)c3cc4ccccc4o3)nnc2N2CCOCC2)c1. The molecule has 0 aliphatic carbocycles. The number of amides is 1. The number of rotatable bonds is 8. The summed E-state index contributed by atoms with van der Waals surface area (Å²) in [5.41, 5.74) is 3.04. The number of aromatic nitrogens is 3. The van der Waals surface area contributed by atoms with Crippen molar-refractivity contribution in [3.8, 4) is 5.69 Å². The molecule has 1 atom stereocenters. The molecule has 2 aromatic heterocycles. The fourth-order valence-electron chi connectivity index (χ4n) is 4.17. The first-order valence-corrected chi connectivity index (χ1v) is 12.9. The van der Waals surface area contributed by atoms with Crippen LogP contribution in [0.5, 0.6) is 0 Å². The molecule has 35 heavy (non-hydrogen) atoms. The molecule has 1 saturated heterocycles. The highest BCUT2D eigenvalue weighted by atomic mass is 32.2. The Morgan fingerprint density at radius 1 is 1.11 bits per heavy atom. The average molecular weight is 492 g/mol. The maximum atomic E-state index is 12.8. The van der Waals surface area contributed by atoms with Crippen LogP contribution in [0.1, 0.15) is 31.2 Å². The van der Waals surface area contributed by atoms with Crippen LogP contribution < -0.4 is 10.2 Å². The Morgan fingerprint density at radius 3 is 2.74 bits per heavy atom. The van der Waals surface area contributed by atoms with Crippen molar-refractivity contribution in [2.45, 2.75) is 31.5 Å². The van der Waals surface area contributed by atoms with E-state index in [9.17, 15) is 4.79 Å². The van der Waals surface area contributed by atoms with Crippen LogP contribution in [0.3, 0.4) is 0 Å². The van der Waals surface area contributed by atoms with Crippen LogP contribution in [0.15, 0.2) is 64.2 Å². The first kappa shape index (κ1) is 23.4.